The fourth-order valence-corrected chi connectivity index (χ4v) is 2.20. The predicted octanol–water partition coefficient (Wildman–Crippen LogP) is 2.69. The molecule has 0 bridgehead atoms. The van der Waals surface area contributed by atoms with Gasteiger partial charge in [-0.25, -0.2) is 0 Å². The average Bonchev–Trinajstić information content (AvgIpc) is 2.55. The molecule has 1 amide bonds. The Morgan fingerprint density at radius 3 is 2.50 bits per heavy atom. The molecule has 2 aromatic rings. The van der Waals surface area contributed by atoms with E-state index in [-0.39, 0.29) is 11.7 Å². The van der Waals surface area contributed by atoms with Gasteiger partial charge in [-0.1, -0.05) is 30.3 Å². The van der Waals surface area contributed by atoms with Gasteiger partial charge in [-0.05, 0) is 42.2 Å². The number of rotatable bonds is 7. The van der Waals surface area contributed by atoms with Crippen molar-refractivity contribution >= 4 is 5.91 Å². The first kappa shape index (κ1) is 15.9. The summed E-state index contributed by atoms with van der Waals surface area (Å²) in [6.45, 7) is 0.527. The summed E-state index contributed by atoms with van der Waals surface area (Å²) in [5, 5.41) is 12.5. The van der Waals surface area contributed by atoms with Crippen LogP contribution in [-0.4, -0.2) is 24.7 Å². The minimum atomic E-state index is 0.0197. The highest BCUT2D eigenvalue weighted by Gasteiger charge is 2.04. The van der Waals surface area contributed by atoms with Crippen molar-refractivity contribution in [2.24, 2.45) is 0 Å². The van der Waals surface area contributed by atoms with Crippen molar-refractivity contribution in [2.45, 2.75) is 19.3 Å². The Morgan fingerprint density at radius 2 is 1.82 bits per heavy atom. The van der Waals surface area contributed by atoms with Gasteiger partial charge in [0.15, 0.2) is 0 Å². The van der Waals surface area contributed by atoms with Crippen molar-refractivity contribution in [3.05, 3.63) is 59.7 Å². The number of phenolic OH excluding ortho intramolecular Hbond substituents is 1. The first-order chi connectivity index (χ1) is 10.7. The summed E-state index contributed by atoms with van der Waals surface area (Å²) in [7, 11) is 1.63. The van der Waals surface area contributed by atoms with E-state index in [1.165, 1.54) is 0 Å². The summed E-state index contributed by atoms with van der Waals surface area (Å²) < 4.78 is 5.10. The molecule has 0 heterocycles. The Labute approximate surface area is 130 Å². The lowest BCUT2D eigenvalue weighted by atomic mass is 10.1. The number of carbonyl (C=O) groups excluding carboxylic acids is 1. The van der Waals surface area contributed by atoms with Crippen LogP contribution < -0.4 is 10.1 Å². The fraction of sp³-hybridized carbons (Fsp3) is 0.278. The molecule has 0 unspecified atom stereocenters. The van der Waals surface area contributed by atoms with Crippen LogP contribution in [0.15, 0.2) is 48.5 Å². The number of phenols is 1. The van der Waals surface area contributed by atoms with Crippen molar-refractivity contribution in [1.82, 2.24) is 5.32 Å². The van der Waals surface area contributed by atoms with Gasteiger partial charge in [-0.3, -0.25) is 4.79 Å². The van der Waals surface area contributed by atoms with Crippen molar-refractivity contribution in [3.63, 3.8) is 0 Å². The van der Waals surface area contributed by atoms with Crippen molar-refractivity contribution < 1.29 is 14.6 Å². The number of hydrogen-bond donors (Lipinski definition) is 2. The van der Waals surface area contributed by atoms with E-state index < -0.39 is 0 Å². The minimum absolute atomic E-state index is 0.0197. The Morgan fingerprint density at radius 1 is 1.09 bits per heavy atom. The van der Waals surface area contributed by atoms with E-state index in [0.717, 1.165) is 16.9 Å². The highest BCUT2D eigenvalue weighted by atomic mass is 16.5. The maximum Gasteiger partial charge on any atom is 0.220 e. The fourth-order valence-electron chi connectivity index (χ4n) is 2.20. The molecule has 22 heavy (non-hydrogen) atoms. The maximum absolute atomic E-state index is 11.8. The number of aryl methyl sites for hydroxylation is 1. The molecule has 2 aromatic carbocycles. The highest BCUT2D eigenvalue weighted by molar-refractivity contribution is 5.76. The number of benzene rings is 2. The van der Waals surface area contributed by atoms with Gasteiger partial charge in [-0.2, -0.15) is 0 Å². The lowest BCUT2D eigenvalue weighted by molar-refractivity contribution is -0.121. The quantitative estimate of drug-likeness (QED) is 0.826. The second kappa shape index (κ2) is 8.08. The van der Waals surface area contributed by atoms with Gasteiger partial charge in [0.2, 0.25) is 5.91 Å². The molecule has 0 radical (unpaired) electrons. The third-order valence-corrected chi connectivity index (χ3v) is 3.51. The lowest BCUT2D eigenvalue weighted by Gasteiger charge is -2.07. The number of hydrogen-bond acceptors (Lipinski definition) is 3. The van der Waals surface area contributed by atoms with Crippen molar-refractivity contribution in [3.8, 4) is 11.5 Å². The average molecular weight is 299 g/mol. The van der Waals surface area contributed by atoms with Crippen molar-refractivity contribution in [1.29, 1.82) is 0 Å². The largest absolute Gasteiger partial charge is 0.508 e. The van der Waals surface area contributed by atoms with E-state index in [2.05, 4.69) is 5.32 Å². The van der Waals surface area contributed by atoms with E-state index in [0.29, 0.717) is 25.8 Å². The molecule has 0 aliphatic carbocycles. The zero-order valence-electron chi connectivity index (χ0n) is 12.7. The predicted molar refractivity (Wildman–Crippen MR) is 86.1 cm³/mol. The number of carbonyl (C=O) groups is 1. The number of methoxy groups -OCH3 is 1. The highest BCUT2D eigenvalue weighted by Crippen LogP contribution is 2.15. The zero-order valence-corrected chi connectivity index (χ0v) is 12.7. The van der Waals surface area contributed by atoms with Crippen LogP contribution in [0.5, 0.6) is 11.5 Å². The molecule has 0 saturated carbocycles. The van der Waals surface area contributed by atoms with Crippen LogP contribution in [0.2, 0.25) is 0 Å². The van der Waals surface area contributed by atoms with Crippen LogP contribution in [0.3, 0.4) is 0 Å². The first-order valence-electron chi connectivity index (χ1n) is 7.35. The Balaban J connectivity index is 1.70. The van der Waals surface area contributed by atoms with Crippen LogP contribution in [0.4, 0.5) is 0 Å². The van der Waals surface area contributed by atoms with Gasteiger partial charge in [0.05, 0.1) is 7.11 Å². The smallest absolute Gasteiger partial charge is 0.220 e. The van der Waals surface area contributed by atoms with E-state index in [9.17, 15) is 9.90 Å². The molecule has 0 aromatic heterocycles. The molecule has 4 heteroatoms. The van der Waals surface area contributed by atoms with Crippen molar-refractivity contribution in [2.75, 3.05) is 13.7 Å². The van der Waals surface area contributed by atoms with E-state index >= 15 is 0 Å². The molecule has 0 aliphatic heterocycles. The summed E-state index contributed by atoms with van der Waals surface area (Å²) in [5.41, 5.74) is 1.95. The standard InChI is InChI=1S/C18H21NO3/c1-22-16-9-6-14(7-10-16)8-11-18(21)19-13-12-15-4-2-3-5-17(15)20/h2-7,9-10,20H,8,11-13H2,1H3,(H,19,21). The van der Waals surface area contributed by atoms with Gasteiger partial charge in [0.25, 0.3) is 0 Å². The molecule has 0 saturated heterocycles. The molecular weight excluding hydrogens is 278 g/mol. The van der Waals surface area contributed by atoms with Gasteiger partial charge in [-0.15, -0.1) is 0 Å². The third-order valence-electron chi connectivity index (χ3n) is 3.51. The molecular formula is C18H21NO3. The number of ether oxygens (including phenoxy) is 1. The second-order valence-electron chi connectivity index (χ2n) is 5.08. The Bertz CT molecular complexity index is 608. The molecule has 0 spiro atoms. The molecule has 0 aliphatic rings. The Kier molecular flexibility index (Phi) is 5.83. The van der Waals surface area contributed by atoms with Gasteiger partial charge >= 0.3 is 0 Å². The third kappa shape index (κ3) is 4.81. The van der Waals surface area contributed by atoms with E-state index in [1.807, 2.05) is 36.4 Å². The summed E-state index contributed by atoms with van der Waals surface area (Å²) in [6.07, 6.45) is 1.78. The topological polar surface area (TPSA) is 58.6 Å². The summed E-state index contributed by atoms with van der Waals surface area (Å²) in [5.74, 6) is 1.11. The number of para-hydroxylation sites is 1. The lowest BCUT2D eigenvalue weighted by Crippen LogP contribution is -2.25. The van der Waals surface area contributed by atoms with Crippen LogP contribution in [0.1, 0.15) is 17.5 Å². The molecule has 0 atom stereocenters. The van der Waals surface area contributed by atoms with E-state index in [1.54, 1.807) is 19.2 Å². The van der Waals surface area contributed by atoms with Crippen LogP contribution >= 0.6 is 0 Å². The number of aromatic hydroxyl groups is 1. The molecule has 2 N–H and O–H groups in total. The zero-order chi connectivity index (χ0) is 15.8. The Hall–Kier alpha value is -2.49. The normalized spacial score (nSPS) is 10.2. The molecule has 116 valence electrons. The monoisotopic (exact) mass is 299 g/mol. The maximum atomic E-state index is 11.8. The van der Waals surface area contributed by atoms with Gasteiger partial charge < -0.3 is 15.2 Å². The summed E-state index contributed by atoms with van der Waals surface area (Å²) >= 11 is 0. The molecule has 0 fully saturated rings. The minimum Gasteiger partial charge on any atom is -0.508 e. The molecule has 2 rings (SSSR count). The van der Waals surface area contributed by atoms with Crippen LogP contribution in [0.25, 0.3) is 0 Å². The summed E-state index contributed by atoms with van der Waals surface area (Å²) in [4.78, 5) is 11.8. The molecule has 4 nitrogen and oxygen atoms in total. The van der Waals surface area contributed by atoms with Gasteiger partial charge in [0.1, 0.15) is 11.5 Å². The summed E-state index contributed by atoms with van der Waals surface area (Å²) in [6, 6.07) is 14.9. The second-order valence-corrected chi connectivity index (χ2v) is 5.08. The SMILES string of the molecule is COc1ccc(CCC(=O)NCCc2ccccc2O)cc1. The number of nitrogens with one attached hydrogen (secondary N) is 1. The first-order valence-corrected chi connectivity index (χ1v) is 7.35. The van der Waals surface area contributed by atoms with Crippen LogP contribution in [-0.2, 0) is 17.6 Å². The van der Waals surface area contributed by atoms with E-state index in [4.69, 9.17) is 4.74 Å². The van der Waals surface area contributed by atoms with Gasteiger partial charge in [0, 0.05) is 13.0 Å². The van der Waals surface area contributed by atoms with Crippen LogP contribution in [0, 0.1) is 0 Å². The number of amides is 1.